The topological polar surface area (TPSA) is 297 Å². The number of aliphatic hydroxyl groups excluding tert-OH is 6. The summed E-state index contributed by atoms with van der Waals surface area (Å²) in [6.07, 6.45) is -18.3. The third kappa shape index (κ3) is 7.94. The van der Waals surface area contributed by atoms with Crippen molar-refractivity contribution in [2.24, 2.45) is 0 Å². The van der Waals surface area contributed by atoms with Crippen molar-refractivity contribution >= 4 is 23.5 Å². The zero-order valence-electron chi connectivity index (χ0n) is 23.3. The van der Waals surface area contributed by atoms with Gasteiger partial charge < -0.3 is 69.5 Å². The molecule has 1 aromatic rings. The van der Waals surface area contributed by atoms with Crippen LogP contribution in [0.4, 0.5) is 5.69 Å². The van der Waals surface area contributed by atoms with Crippen LogP contribution in [0.1, 0.15) is 20.3 Å². The maximum Gasteiger partial charge on any atom is 0.302 e. The van der Waals surface area contributed by atoms with E-state index >= 15 is 0 Å². The number of benzene rings is 1. The predicted octanol–water partition coefficient (Wildman–Crippen LogP) is -4.82. The summed E-state index contributed by atoms with van der Waals surface area (Å²) in [7, 11) is 0. The second-order valence-corrected chi connectivity index (χ2v) is 10.1. The molecule has 19 nitrogen and oxygen atoms in total. The Balaban J connectivity index is 1.93. The highest BCUT2D eigenvalue weighted by atomic mass is 16.8. The predicted molar refractivity (Wildman–Crippen MR) is 136 cm³/mol. The van der Waals surface area contributed by atoms with Gasteiger partial charge in [-0.2, -0.15) is 0 Å². The fourth-order valence-corrected chi connectivity index (χ4v) is 4.72. The largest absolute Gasteiger partial charge is 0.544 e. The molecule has 2 heterocycles. The normalized spacial score (nSPS) is 33.5. The molecule has 0 radical (unpaired) electrons. The fraction of sp³-hybridized carbons (Fsp3) is 0.640. The second kappa shape index (κ2) is 14.5. The van der Waals surface area contributed by atoms with Crippen LogP contribution in [0.3, 0.4) is 0 Å². The fourth-order valence-electron chi connectivity index (χ4n) is 4.72. The Labute approximate surface area is 248 Å². The molecule has 19 heteroatoms. The molecule has 44 heavy (non-hydrogen) atoms. The van der Waals surface area contributed by atoms with Crippen LogP contribution in [0.2, 0.25) is 0 Å². The SMILES string of the molecule is CC(=O)N[C@H]1C([C@H](O)[C@H](O)COC(C)=O)O[C@@](OC2C(O)[C@H](Oc3ccc([N+](=O)[O-])cc3)OC(CO)[C@@H]2O)(C(=O)[O-])C[C@H]1O. The molecule has 246 valence electrons. The molecule has 2 fully saturated rings. The quantitative estimate of drug-likeness (QED) is 0.0645. The highest BCUT2D eigenvalue weighted by Gasteiger charge is 2.57. The number of hydrogen-bond donors (Lipinski definition) is 7. The van der Waals surface area contributed by atoms with E-state index in [0.717, 1.165) is 38.1 Å². The Morgan fingerprint density at radius 3 is 2.30 bits per heavy atom. The van der Waals surface area contributed by atoms with Crippen LogP contribution < -0.4 is 15.2 Å². The minimum Gasteiger partial charge on any atom is -0.544 e. The lowest BCUT2D eigenvalue weighted by atomic mass is 9.88. The van der Waals surface area contributed by atoms with Crippen LogP contribution in [0.25, 0.3) is 0 Å². The van der Waals surface area contributed by atoms with E-state index in [-0.39, 0.29) is 11.4 Å². The first-order valence-electron chi connectivity index (χ1n) is 13.2. The number of carbonyl (C=O) groups is 3. The highest BCUT2D eigenvalue weighted by Crippen LogP contribution is 2.37. The second-order valence-electron chi connectivity index (χ2n) is 10.1. The minimum absolute atomic E-state index is 0.0754. The van der Waals surface area contributed by atoms with E-state index in [1.165, 1.54) is 0 Å². The minimum atomic E-state index is -3.08. The molecule has 2 saturated heterocycles. The summed E-state index contributed by atoms with van der Waals surface area (Å²) >= 11 is 0. The van der Waals surface area contributed by atoms with E-state index in [4.69, 9.17) is 18.9 Å². The molecule has 0 aliphatic carbocycles. The molecule has 3 rings (SSSR count). The molecule has 1 aromatic carbocycles. The number of rotatable bonds is 12. The van der Waals surface area contributed by atoms with Gasteiger partial charge in [-0.15, -0.1) is 0 Å². The Bertz CT molecular complexity index is 1180. The summed E-state index contributed by atoms with van der Waals surface area (Å²) in [5.74, 6) is -6.92. The van der Waals surface area contributed by atoms with Crippen LogP contribution >= 0.6 is 0 Å². The molecular formula is C25H33N2O17-. The van der Waals surface area contributed by atoms with Gasteiger partial charge in [0.15, 0.2) is 0 Å². The van der Waals surface area contributed by atoms with Crippen LogP contribution in [-0.2, 0) is 33.3 Å². The molecule has 0 spiro atoms. The average Bonchev–Trinajstić information content (AvgIpc) is 2.96. The van der Waals surface area contributed by atoms with Crippen LogP contribution in [0.15, 0.2) is 24.3 Å². The standard InChI is InChI=1S/C25H34N2O17/c1-10(29)26-17-14(31)7-25(24(36)37,43-21(17)18(33)15(32)9-40-11(2)30)44-22-19(34)16(8-28)42-23(20(22)35)41-13-5-3-12(4-6-13)27(38)39/h3-6,14-23,28,31-35H,7-9H2,1-2H3,(H,26,29)(H,36,37)/p-1/t14-,15-,16?,17-,18-,19+,20?,21?,22?,23-,25+/m1/s1. The van der Waals surface area contributed by atoms with Crippen molar-refractivity contribution in [3.05, 3.63) is 34.4 Å². The number of ether oxygens (including phenoxy) is 5. The molecule has 11 atom stereocenters. The van der Waals surface area contributed by atoms with Crippen molar-refractivity contribution in [1.82, 2.24) is 5.32 Å². The summed E-state index contributed by atoms with van der Waals surface area (Å²) in [5, 5.41) is 89.3. The number of aliphatic carboxylic acids is 1. The van der Waals surface area contributed by atoms with Crippen molar-refractivity contribution in [2.75, 3.05) is 13.2 Å². The van der Waals surface area contributed by atoms with Crippen LogP contribution in [0, 0.1) is 10.1 Å². The van der Waals surface area contributed by atoms with Crippen molar-refractivity contribution < 1.29 is 78.7 Å². The van der Waals surface area contributed by atoms with Gasteiger partial charge in [0.25, 0.3) is 5.69 Å². The number of non-ortho nitro benzene ring substituents is 1. The number of amides is 1. The van der Waals surface area contributed by atoms with Crippen molar-refractivity contribution in [3.8, 4) is 5.75 Å². The number of carboxylic acid groups (broad SMARTS) is 1. The van der Waals surface area contributed by atoms with E-state index in [1.54, 1.807) is 0 Å². The molecule has 0 saturated carbocycles. The summed E-state index contributed by atoms with van der Waals surface area (Å²) in [6.45, 7) is 0.356. The van der Waals surface area contributed by atoms with E-state index in [0.29, 0.717) is 0 Å². The molecule has 2 aliphatic heterocycles. The number of carboxylic acids is 1. The van der Waals surface area contributed by atoms with E-state index in [1.807, 2.05) is 0 Å². The van der Waals surface area contributed by atoms with Gasteiger partial charge in [-0.05, 0) is 12.1 Å². The van der Waals surface area contributed by atoms with Gasteiger partial charge in [0, 0.05) is 32.4 Å². The first-order chi connectivity index (χ1) is 20.6. The number of aliphatic hydroxyl groups is 6. The third-order valence-corrected chi connectivity index (χ3v) is 6.89. The maximum absolute atomic E-state index is 12.5. The zero-order chi connectivity index (χ0) is 32.9. The van der Waals surface area contributed by atoms with E-state index < -0.39 is 109 Å². The van der Waals surface area contributed by atoms with Gasteiger partial charge in [-0.25, -0.2) is 0 Å². The summed E-state index contributed by atoms with van der Waals surface area (Å²) < 4.78 is 26.6. The van der Waals surface area contributed by atoms with Crippen molar-refractivity contribution in [2.45, 2.75) is 87.2 Å². The lowest BCUT2D eigenvalue weighted by Crippen LogP contribution is -2.72. The number of nitrogens with zero attached hydrogens (tertiary/aromatic N) is 1. The summed E-state index contributed by atoms with van der Waals surface area (Å²) in [5.41, 5.74) is -0.288. The molecule has 0 aromatic heterocycles. The Kier molecular flexibility index (Phi) is 11.5. The number of esters is 1. The highest BCUT2D eigenvalue weighted by molar-refractivity contribution is 5.75. The molecule has 0 bridgehead atoms. The van der Waals surface area contributed by atoms with Crippen LogP contribution in [-0.4, -0.2) is 134 Å². The monoisotopic (exact) mass is 633 g/mol. The molecule has 1 amide bonds. The Hall–Kier alpha value is -3.53. The van der Waals surface area contributed by atoms with Crippen molar-refractivity contribution in [3.63, 3.8) is 0 Å². The number of nitrogens with one attached hydrogen (secondary N) is 1. The lowest BCUT2D eigenvalue weighted by molar-refractivity contribution is -0.404. The molecular weight excluding hydrogens is 600 g/mol. The Morgan fingerprint density at radius 1 is 1.14 bits per heavy atom. The average molecular weight is 634 g/mol. The van der Waals surface area contributed by atoms with Gasteiger partial charge in [0.05, 0.1) is 23.7 Å². The van der Waals surface area contributed by atoms with E-state index in [9.17, 15) is 60.2 Å². The van der Waals surface area contributed by atoms with Gasteiger partial charge >= 0.3 is 5.97 Å². The molecule has 4 unspecified atom stereocenters. The smallest absolute Gasteiger partial charge is 0.302 e. The lowest BCUT2D eigenvalue weighted by Gasteiger charge is -2.51. The summed E-state index contributed by atoms with van der Waals surface area (Å²) in [6, 6.07) is 2.90. The van der Waals surface area contributed by atoms with Crippen molar-refractivity contribution in [1.29, 1.82) is 0 Å². The summed E-state index contributed by atoms with van der Waals surface area (Å²) in [4.78, 5) is 45.7. The number of nitro benzene ring substituents is 1. The zero-order valence-corrected chi connectivity index (χ0v) is 23.3. The number of nitro groups is 1. The molecule has 2 aliphatic rings. The first kappa shape index (κ1) is 35.0. The third-order valence-electron chi connectivity index (χ3n) is 6.89. The number of carbonyl (C=O) groups excluding carboxylic acids is 3. The maximum atomic E-state index is 12.5. The number of hydrogen-bond acceptors (Lipinski definition) is 17. The molecule has 7 N–H and O–H groups in total. The van der Waals surface area contributed by atoms with Gasteiger partial charge in [-0.3, -0.25) is 19.7 Å². The first-order valence-corrected chi connectivity index (χ1v) is 13.2. The van der Waals surface area contributed by atoms with E-state index in [2.05, 4.69) is 10.1 Å². The van der Waals surface area contributed by atoms with Gasteiger partial charge in [0.1, 0.15) is 61.1 Å². The van der Waals surface area contributed by atoms with Crippen LogP contribution in [0.5, 0.6) is 5.75 Å². The Morgan fingerprint density at radius 2 is 1.77 bits per heavy atom. The van der Waals surface area contributed by atoms with Gasteiger partial charge in [0.2, 0.25) is 18.0 Å². The van der Waals surface area contributed by atoms with Gasteiger partial charge in [-0.1, -0.05) is 0 Å².